The average Bonchev–Trinajstić information content (AvgIpc) is 2.70. The van der Waals surface area contributed by atoms with Crippen LogP contribution in [0.1, 0.15) is 34.6 Å². The highest BCUT2D eigenvalue weighted by Gasteiger charge is 2.24. The number of carbonyl (C=O) groups excluding carboxylic acids is 1. The second-order valence-corrected chi connectivity index (χ2v) is 7.66. The third-order valence-electron chi connectivity index (χ3n) is 3.80. The van der Waals surface area contributed by atoms with Gasteiger partial charge in [-0.25, -0.2) is 0 Å². The number of fused-ring (bicyclic) bond motifs is 1. The van der Waals surface area contributed by atoms with E-state index in [0.717, 1.165) is 36.6 Å². The van der Waals surface area contributed by atoms with Crippen LogP contribution >= 0.6 is 23.5 Å². The number of ketones is 1. The lowest BCUT2D eigenvalue weighted by atomic mass is 9.96. The van der Waals surface area contributed by atoms with Gasteiger partial charge in [0.1, 0.15) is 0 Å². The lowest BCUT2D eigenvalue weighted by Gasteiger charge is -2.24. The van der Waals surface area contributed by atoms with Crippen LogP contribution in [0.3, 0.4) is 0 Å². The number of hydrogen-bond acceptors (Lipinski definition) is 3. The Balaban J connectivity index is 1.85. The van der Waals surface area contributed by atoms with Gasteiger partial charge >= 0.3 is 0 Å². The van der Waals surface area contributed by atoms with Gasteiger partial charge in [-0.05, 0) is 25.8 Å². The molecule has 2 aliphatic rings. The molecule has 1 aromatic rings. The molecule has 1 fully saturated rings. The van der Waals surface area contributed by atoms with Crippen molar-refractivity contribution in [2.24, 2.45) is 0 Å². The molecule has 0 amide bonds. The van der Waals surface area contributed by atoms with Gasteiger partial charge in [-0.2, -0.15) is 23.5 Å². The second-order valence-electron chi connectivity index (χ2n) is 5.10. The van der Waals surface area contributed by atoms with Crippen LogP contribution < -0.4 is 0 Å². The smallest absolute Gasteiger partial charge is 0.164 e. The molecule has 0 radical (unpaired) electrons. The van der Waals surface area contributed by atoms with E-state index in [2.05, 4.69) is 41.1 Å². The maximum Gasteiger partial charge on any atom is 0.164 e. The lowest BCUT2D eigenvalue weighted by Crippen LogP contribution is -2.23. The Kier molecular flexibility index (Phi) is 3.76. The summed E-state index contributed by atoms with van der Waals surface area (Å²) in [6, 6.07) is 2.11. The first kappa shape index (κ1) is 12.7. The zero-order chi connectivity index (χ0) is 12.5. The first-order valence-corrected chi connectivity index (χ1v) is 8.87. The van der Waals surface area contributed by atoms with Gasteiger partial charge in [0.25, 0.3) is 0 Å². The molecule has 1 aliphatic heterocycles. The van der Waals surface area contributed by atoms with E-state index in [1.807, 2.05) is 0 Å². The van der Waals surface area contributed by atoms with E-state index in [4.69, 9.17) is 0 Å². The van der Waals surface area contributed by atoms with Gasteiger partial charge in [-0.1, -0.05) is 0 Å². The van der Waals surface area contributed by atoms with Crippen molar-refractivity contribution in [2.45, 2.75) is 38.0 Å². The van der Waals surface area contributed by atoms with E-state index in [1.165, 1.54) is 28.6 Å². The highest BCUT2D eigenvalue weighted by atomic mass is 32.2. The summed E-state index contributed by atoms with van der Waals surface area (Å²) >= 11 is 4.16. The number of rotatable bonds is 2. The second kappa shape index (κ2) is 5.33. The van der Waals surface area contributed by atoms with E-state index >= 15 is 0 Å². The van der Waals surface area contributed by atoms with Crippen LogP contribution in [0.4, 0.5) is 0 Å². The number of Topliss-reactive ketones (excluding diaryl/α,β-unsaturated/α-hetero) is 1. The summed E-state index contributed by atoms with van der Waals surface area (Å²) in [4.78, 5) is 11.9. The van der Waals surface area contributed by atoms with Crippen molar-refractivity contribution < 1.29 is 4.79 Å². The lowest BCUT2D eigenvalue weighted by molar-refractivity contribution is 0.0972. The molecule has 3 rings (SSSR count). The molecule has 0 N–H and O–H groups in total. The van der Waals surface area contributed by atoms with Crippen molar-refractivity contribution >= 4 is 29.3 Å². The fourth-order valence-electron chi connectivity index (χ4n) is 2.89. The zero-order valence-electron chi connectivity index (χ0n) is 10.8. The minimum atomic E-state index is 0.351. The standard InChI is InChI=1S/C14H19NOS2/c1-10-7-12-13(3-2-4-14(12)16)15(10)8-11-9-17-5-6-18-11/h7,11H,2-6,8-9H2,1H3. The molecule has 1 atom stereocenters. The van der Waals surface area contributed by atoms with Crippen LogP contribution in [0.2, 0.25) is 0 Å². The SMILES string of the molecule is Cc1cc2c(n1CC1CSCCS1)CCCC2=O. The third-order valence-corrected chi connectivity index (χ3v) is 6.63. The van der Waals surface area contributed by atoms with Gasteiger partial charge < -0.3 is 4.57 Å². The van der Waals surface area contributed by atoms with E-state index in [9.17, 15) is 4.79 Å². The topological polar surface area (TPSA) is 22.0 Å². The van der Waals surface area contributed by atoms with Crippen LogP contribution in [-0.2, 0) is 13.0 Å². The highest BCUT2D eigenvalue weighted by Crippen LogP contribution is 2.29. The zero-order valence-corrected chi connectivity index (χ0v) is 12.4. The van der Waals surface area contributed by atoms with Crippen LogP contribution in [0.15, 0.2) is 6.07 Å². The predicted octanol–water partition coefficient (Wildman–Crippen LogP) is 3.16. The number of aryl methyl sites for hydroxylation is 1. The Morgan fingerprint density at radius 2 is 2.28 bits per heavy atom. The highest BCUT2D eigenvalue weighted by molar-refractivity contribution is 8.06. The van der Waals surface area contributed by atoms with Crippen LogP contribution in [0.25, 0.3) is 0 Å². The fourth-order valence-corrected chi connectivity index (χ4v) is 5.54. The molecular weight excluding hydrogens is 262 g/mol. The minimum Gasteiger partial charge on any atom is -0.347 e. The number of carbonyl (C=O) groups is 1. The van der Waals surface area contributed by atoms with Crippen LogP contribution in [-0.4, -0.2) is 32.9 Å². The summed E-state index contributed by atoms with van der Waals surface area (Å²) in [5.41, 5.74) is 3.58. The largest absolute Gasteiger partial charge is 0.347 e. The van der Waals surface area contributed by atoms with Crippen LogP contribution in [0, 0.1) is 6.92 Å². The Labute approximate surface area is 117 Å². The summed E-state index contributed by atoms with van der Waals surface area (Å²) in [5, 5.41) is 0.718. The Hall–Kier alpha value is -0.350. The molecule has 1 aromatic heterocycles. The van der Waals surface area contributed by atoms with E-state index < -0.39 is 0 Å². The van der Waals surface area contributed by atoms with Crippen molar-refractivity contribution in [3.05, 3.63) is 23.0 Å². The summed E-state index contributed by atoms with van der Waals surface area (Å²) in [6.45, 7) is 3.23. The molecule has 18 heavy (non-hydrogen) atoms. The summed E-state index contributed by atoms with van der Waals surface area (Å²) in [7, 11) is 0. The minimum absolute atomic E-state index is 0.351. The van der Waals surface area contributed by atoms with Gasteiger partial charge in [0.2, 0.25) is 0 Å². The van der Waals surface area contributed by atoms with Gasteiger partial charge in [0, 0.05) is 52.4 Å². The van der Waals surface area contributed by atoms with Crippen molar-refractivity contribution in [1.82, 2.24) is 4.57 Å². The first-order chi connectivity index (χ1) is 8.75. The van der Waals surface area contributed by atoms with Crippen molar-refractivity contribution in [3.8, 4) is 0 Å². The number of aromatic nitrogens is 1. The molecule has 1 saturated heterocycles. The molecule has 4 heteroatoms. The summed E-state index contributed by atoms with van der Waals surface area (Å²) in [6.07, 6.45) is 2.85. The maximum absolute atomic E-state index is 11.9. The van der Waals surface area contributed by atoms with E-state index in [1.54, 1.807) is 0 Å². The van der Waals surface area contributed by atoms with Crippen molar-refractivity contribution in [1.29, 1.82) is 0 Å². The molecule has 0 saturated carbocycles. The predicted molar refractivity (Wildman–Crippen MR) is 80.0 cm³/mol. The molecule has 0 aromatic carbocycles. The molecular formula is C14H19NOS2. The average molecular weight is 281 g/mol. The number of nitrogens with zero attached hydrogens (tertiary/aromatic N) is 1. The Morgan fingerprint density at radius 3 is 3.06 bits per heavy atom. The molecule has 1 aliphatic carbocycles. The number of hydrogen-bond donors (Lipinski definition) is 0. The Bertz CT molecular complexity index is 461. The molecule has 2 nitrogen and oxygen atoms in total. The number of thioether (sulfide) groups is 2. The molecule has 1 unspecified atom stereocenters. The van der Waals surface area contributed by atoms with Gasteiger partial charge in [0.05, 0.1) is 0 Å². The third kappa shape index (κ3) is 2.37. The molecule has 0 bridgehead atoms. The Morgan fingerprint density at radius 1 is 1.39 bits per heavy atom. The fraction of sp³-hybridized carbons (Fsp3) is 0.643. The van der Waals surface area contributed by atoms with E-state index in [-0.39, 0.29) is 0 Å². The quantitative estimate of drug-likeness (QED) is 0.831. The summed E-state index contributed by atoms with van der Waals surface area (Å²) < 4.78 is 2.41. The molecule has 98 valence electrons. The van der Waals surface area contributed by atoms with Crippen molar-refractivity contribution in [3.63, 3.8) is 0 Å². The molecule has 2 heterocycles. The normalized spacial score (nSPS) is 24.1. The van der Waals surface area contributed by atoms with Gasteiger partial charge in [0.15, 0.2) is 5.78 Å². The van der Waals surface area contributed by atoms with E-state index in [0.29, 0.717) is 5.78 Å². The van der Waals surface area contributed by atoms with Crippen LogP contribution in [0.5, 0.6) is 0 Å². The molecule has 0 spiro atoms. The monoisotopic (exact) mass is 281 g/mol. The summed E-state index contributed by atoms with van der Waals surface area (Å²) in [5.74, 6) is 4.17. The van der Waals surface area contributed by atoms with Gasteiger partial charge in [-0.3, -0.25) is 4.79 Å². The van der Waals surface area contributed by atoms with Gasteiger partial charge in [-0.15, -0.1) is 0 Å². The maximum atomic E-state index is 11.9. The first-order valence-electron chi connectivity index (χ1n) is 6.67. The van der Waals surface area contributed by atoms with Crippen molar-refractivity contribution in [2.75, 3.05) is 17.3 Å².